The van der Waals surface area contributed by atoms with Gasteiger partial charge in [-0.25, -0.2) is 0 Å². The van der Waals surface area contributed by atoms with Crippen LogP contribution in [0.15, 0.2) is 60.9 Å². The minimum absolute atomic E-state index is 0.00196. The fourth-order valence-corrected chi connectivity index (χ4v) is 4.25. The summed E-state index contributed by atoms with van der Waals surface area (Å²) in [5, 5.41) is 3.06. The monoisotopic (exact) mass is 445 g/mol. The molecule has 1 aliphatic heterocycles. The van der Waals surface area contributed by atoms with Gasteiger partial charge in [-0.05, 0) is 86.7 Å². The third-order valence-electron chi connectivity index (χ3n) is 6.39. The van der Waals surface area contributed by atoms with Crippen molar-refractivity contribution in [3.8, 4) is 11.4 Å². The second-order valence-electron chi connectivity index (χ2n) is 8.71. The molecule has 0 radical (unpaired) electrons. The van der Waals surface area contributed by atoms with Crippen LogP contribution in [0, 0.1) is 20.8 Å². The molecule has 0 bridgehead atoms. The lowest BCUT2D eigenvalue weighted by molar-refractivity contribution is -0.124. The molecule has 2 amide bonds. The van der Waals surface area contributed by atoms with E-state index in [1.54, 1.807) is 0 Å². The summed E-state index contributed by atoms with van der Waals surface area (Å²) in [6.45, 7) is 7.28. The van der Waals surface area contributed by atoms with Crippen molar-refractivity contribution in [3.63, 3.8) is 0 Å². The molecule has 6 nitrogen and oxygen atoms in total. The molecule has 0 unspecified atom stereocenters. The van der Waals surface area contributed by atoms with Crippen LogP contribution in [0.5, 0.6) is 5.75 Å². The van der Waals surface area contributed by atoms with Crippen molar-refractivity contribution < 1.29 is 14.3 Å². The molecule has 0 aliphatic carbocycles. The summed E-state index contributed by atoms with van der Waals surface area (Å²) in [5.41, 5.74) is 4.95. The summed E-state index contributed by atoms with van der Waals surface area (Å²) in [4.78, 5) is 27.2. The van der Waals surface area contributed by atoms with E-state index in [4.69, 9.17) is 4.74 Å². The minimum atomic E-state index is -0.124. The van der Waals surface area contributed by atoms with E-state index in [1.807, 2.05) is 85.1 Å². The average Bonchev–Trinajstić information content (AvgIpc) is 3.37. The molecule has 33 heavy (non-hydrogen) atoms. The maximum atomic E-state index is 12.9. The van der Waals surface area contributed by atoms with Gasteiger partial charge in [0.15, 0.2) is 6.61 Å². The SMILES string of the molecule is Cc1ccc(C)c(OCC(=O)NC2CCN(C(=O)c3ccc(-n4cccc4)cc3)CC2)c1C. The third kappa shape index (κ3) is 5.28. The highest BCUT2D eigenvalue weighted by molar-refractivity contribution is 5.94. The number of hydrogen-bond donors (Lipinski definition) is 1. The summed E-state index contributed by atoms with van der Waals surface area (Å²) in [6.07, 6.45) is 5.43. The van der Waals surface area contributed by atoms with E-state index in [-0.39, 0.29) is 24.5 Å². The molecule has 2 aromatic carbocycles. The summed E-state index contributed by atoms with van der Waals surface area (Å²) in [5.74, 6) is 0.696. The Bertz CT molecular complexity index is 1110. The van der Waals surface area contributed by atoms with Crippen LogP contribution in [0.3, 0.4) is 0 Å². The summed E-state index contributed by atoms with van der Waals surface area (Å²) in [6, 6.07) is 15.7. The van der Waals surface area contributed by atoms with E-state index in [0.717, 1.165) is 41.0 Å². The quantitative estimate of drug-likeness (QED) is 0.618. The largest absolute Gasteiger partial charge is 0.483 e. The van der Waals surface area contributed by atoms with Crippen molar-refractivity contribution in [1.82, 2.24) is 14.8 Å². The number of piperidine rings is 1. The first-order chi connectivity index (χ1) is 15.9. The number of aromatic nitrogens is 1. The van der Waals surface area contributed by atoms with E-state index in [9.17, 15) is 9.59 Å². The van der Waals surface area contributed by atoms with Crippen LogP contribution in [0.4, 0.5) is 0 Å². The normalized spacial score (nSPS) is 14.2. The zero-order chi connectivity index (χ0) is 23.4. The number of ether oxygens (including phenoxy) is 1. The molecule has 1 N–H and O–H groups in total. The van der Waals surface area contributed by atoms with Crippen LogP contribution >= 0.6 is 0 Å². The van der Waals surface area contributed by atoms with E-state index >= 15 is 0 Å². The Morgan fingerprint density at radius 1 is 0.939 bits per heavy atom. The van der Waals surface area contributed by atoms with Gasteiger partial charge in [0.1, 0.15) is 5.75 Å². The Balaban J connectivity index is 1.25. The summed E-state index contributed by atoms with van der Waals surface area (Å²) in [7, 11) is 0. The number of hydrogen-bond acceptors (Lipinski definition) is 3. The van der Waals surface area contributed by atoms with Crippen LogP contribution in [0.25, 0.3) is 5.69 Å². The molecule has 1 aliphatic rings. The zero-order valence-corrected chi connectivity index (χ0v) is 19.5. The molecule has 0 spiro atoms. The number of nitrogens with zero attached hydrogens (tertiary/aromatic N) is 2. The summed E-state index contributed by atoms with van der Waals surface area (Å²) < 4.78 is 7.83. The smallest absolute Gasteiger partial charge is 0.258 e. The highest BCUT2D eigenvalue weighted by atomic mass is 16.5. The van der Waals surface area contributed by atoms with Gasteiger partial charge in [-0.15, -0.1) is 0 Å². The van der Waals surface area contributed by atoms with Crippen molar-refractivity contribution in [2.45, 2.75) is 39.7 Å². The van der Waals surface area contributed by atoms with E-state index in [0.29, 0.717) is 18.7 Å². The van der Waals surface area contributed by atoms with Crippen molar-refractivity contribution in [2.24, 2.45) is 0 Å². The van der Waals surface area contributed by atoms with Crippen molar-refractivity contribution in [2.75, 3.05) is 19.7 Å². The molecule has 4 rings (SSSR count). The van der Waals surface area contributed by atoms with Gasteiger partial charge in [-0.1, -0.05) is 12.1 Å². The number of rotatable bonds is 6. The average molecular weight is 446 g/mol. The van der Waals surface area contributed by atoms with Crippen LogP contribution < -0.4 is 10.1 Å². The first-order valence-corrected chi connectivity index (χ1v) is 11.4. The first-order valence-electron chi connectivity index (χ1n) is 11.4. The van der Waals surface area contributed by atoms with Crippen molar-refractivity contribution in [1.29, 1.82) is 0 Å². The Morgan fingerprint density at radius 3 is 2.24 bits per heavy atom. The number of carbonyl (C=O) groups excluding carboxylic acids is 2. The maximum Gasteiger partial charge on any atom is 0.258 e. The van der Waals surface area contributed by atoms with Gasteiger partial charge in [-0.3, -0.25) is 9.59 Å². The molecule has 3 aromatic rings. The number of likely N-dealkylation sites (tertiary alicyclic amines) is 1. The fraction of sp³-hybridized carbons (Fsp3) is 0.333. The maximum absolute atomic E-state index is 12.9. The molecule has 1 fully saturated rings. The second kappa shape index (κ2) is 9.94. The Hall–Kier alpha value is -3.54. The molecule has 172 valence electrons. The molecule has 2 heterocycles. The molecule has 6 heteroatoms. The van der Waals surface area contributed by atoms with Crippen LogP contribution in [0.2, 0.25) is 0 Å². The van der Waals surface area contributed by atoms with Gasteiger partial charge in [0.05, 0.1) is 0 Å². The lowest BCUT2D eigenvalue weighted by atomic mass is 10.0. The lowest BCUT2D eigenvalue weighted by Crippen LogP contribution is -2.47. The molecular formula is C27H31N3O3. The molecule has 0 atom stereocenters. The van der Waals surface area contributed by atoms with Gasteiger partial charge in [0.25, 0.3) is 11.8 Å². The second-order valence-corrected chi connectivity index (χ2v) is 8.71. The summed E-state index contributed by atoms with van der Waals surface area (Å²) >= 11 is 0. The van der Waals surface area contributed by atoms with Gasteiger partial charge in [0.2, 0.25) is 0 Å². The minimum Gasteiger partial charge on any atom is -0.483 e. The third-order valence-corrected chi connectivity index (χ3v) is 6.39. The molecular weight excluding hydrogens is 414 g/mol. The Labute approximate surface area is 195 Å². The van der Waals surface area contributed by atoms with Crippen LogP contribution in [-0.4, -0.2) is 47.0 Å². The first kappa shape index (κ1) is 22.6. The predicted molar refractivity (Wildman–Crippen MR) is 129 cm³/mol. The lowest BCUT2D eigenvalue weighted by Gasteiger charge is -2.32. The Kier molecular flexibility index (Phi) is 6.82. The molecule has 1 aromatic heterocycles. The number of nitrogens with one attached hydrogen (secondary N) is 1. The number of carbonyl (C=O) groups is 2. The van der Waals surface area contributed by atoms with Crippen molar-refractivity contribution >= 4 is 11.8 Å². The topological polar surface area (TPSA) is 63.6 Å². The fourth-order valence-electron chi connectivity index (χ4n) is 4.25. The predicted octanol–water partition coefficient (Wildman–Crippen LogP) is 4.20. The number of benzene rings is 2. The molecule has 0 saturated carbocycles. The van der Waals surface area contributed by atoms with Crippen LogP contribution in [0.1, 0.15) is 39.9 Å². The highest BCUT2D eigenvalue weighted by Crippen LogP contribution is 2.25. The van der Waals surface area contributed by atoms with E-state index < -0.39 is 0 Å². The van der Waals surface area contributed by atoms with E-state index in [2.05, 4.69) is 11.4 Å². The van der Waals surface area contributed by atoms with Gasteiger partial charge >= 0.3 is 0 Å². The van der Waals surface area contributed by atoms with Gasteiger partial charge in [0, 0.05) is 42.8 Å². The standard InChI is InChI=1S/C27H31N3O3/c1-19-6-7-20(2)26(21(19)3)33-18-25(31)28-23-12-16-30(17-13-23)27(32)22-8-10-24(11-9-22)29-14-4-5-15-29/h4-11,14-15,23H,12-13,16-18H2,1-3H3,(H,28,31). The van der Waals surface area contributed by atoms with Gasteiger partial charge in [-0.2, -0.15) is 0 Å². The molecule has 1 saturated heterocycles. The Morgan fingerprint density at radius 2 is 1.58 bits per heavy atom. The van der Waals surface area contributed by atoms with Gasteiger partial charge < -0.3 is 19.5 Å². The number of amides is 2. The van der Waals surface area contributed by atoms with Crippen LogP contribution in [-0.2, 0) is 4.79 Å². The number of aryl methyl sites for hydroxylation is 2. The van der Waals surface area contributed by atoms with Crippen molar-refractivity contribution in [3.05, 3.63) is 83.2 Å². The highest BCUT2D eigenvalue weighted by Gasteiger charge is 2.25. The van der Waals surface area contributed by atoms with E-state index in [1.165, 1.54) is 0 Å². The zero-order valence-electron chi connectivity index (χ0n) is 19.5.